The van der Waals surface area contributed by atoms with E-state index in [0.29, 0.717) is 22.5 Å². The van der Waals surface area contributed by atoms with E-state index in [1.165, 1.54) is 17.1 Å². The standard InChI is InChI=1S/C16H23NOS2/c1-11-16(20-9-8-19-11)14(17)10-12-6-7-18-15-5-3-2-4-13(12)15/h2-5,11-12,14,16H,6-10,17H2,1H3. The fourth-order valence-corrected chi connectivity index (χ4v) is 6.15. The Hall–Kier alpha value is -0.320. The number of nitrogens with two attached hydrogens (primary N) is 1. The summed E-state index contributed by atoms with van der Waals surface area (Å²) in [6, 6.07) is 8.74. The molecule has 2 N–H and O–H groups in total. The van der Waals surface area contributed by atoms with Crippen molar-refractivity contribution in [3.8, 4) is 5.75 Å². The van der Waals surface area contributed by atoms with Gasteiger partial charge >= 0.3 is 0 Å². The number of ether oxygens (including phenoxy) is 1. The lowest BCUT2D eigenvalue weighted by atomic mass is 9.86. The van der Waals surface area contributed by atoms with Gasteiger partial charge in [0, 0.05) is 28.0 Å². The first-order chi connectivity index (χ1) is 9.75. The van der Waals surface area contributed by atoms with E-state index >= 15 is 0 Å². The minimum atomic E-state index is 0.291. The van der Waals surface area contributed by atoms with Crippen LogP contribution in [0.2, 0.25) is 0 Å². The quantitative estimate of drug-likeness (QED) is 0.927. The molecule has 4 heteroatoms. The second-order valence-corrected chi connectivity index (χ2v) is 8.45. The Kier molecular flexibility index (Phi) is 4.84. The average Bonchev–Trinajstić information content (AvgIpc) is 2.48. The van der Waals surface area contributed by atoms with Gasteiger partial charge in [-0.05, 0) is 30.4 Å². The smallest absolute Gasteiger partial charge is 0.122 e. The molecule has 0 aliphatic carbocycles. The highest BCUT2D eigenvalue weighted by Crippen LogP contribution is 2.39. The summed E-state index contributed by atoms with van der Waals surface area (Å²) in [6.45, 7) is 3.16. The van der Waals surface area contributed by atoms with Crippen LogP contribution in [0.25, 0.3) is 0 Å². The Labute approximate surface area is 130 Å². The van der Waals surface area contributed by atoms with Crippen molar-refractivity contribution >= 4 is 23.5 Å². The van der Waals surface area contributed by atoms with E-state index in [0.717, 1.165) is 25.2 Å². The summed E-state index contributed by atoms with van der Waals surface area (Å²) < 4.78 is 5.75. The molecule has 0 amide bonds. The number of hydrogen-bond donors (Lipinski definition) is 1. The van der Waals surface area contributed by atoms with Crippen LogP contribution in [0.3, 0.4) is 0 Å². The highest BCUT2D eigenvalue weighted by Gasteiger charge is 2.31. The zero-order valence-corrected chi connectivity index (χ0v) is 13.6. The Morgan fingerprint density at radius 1 is 1.30 bits per heavy atom. The number of rotatable bonds is 3. The first-order valence-corrected chi connectivity index (χ1v) is 9.56. The zero-order valence-electron chi connectivity index (χ0n) is 12.0. The highest BCUT2D eigenvalue weighted by atomic mass is 32.2. The van der Waals surface area contributed by atoms with Crippen molar-refractivity contribution in [2.45, 2.75) is 42.2 Å². The van der Waals surface area contributed by atoms with Crippen LogP contribution in [-0.4, -0.2) is 34.7 Å². The Morgan fingerprint density at radius 2 is 2.10 bits per heavy atom. The molecule has 0 saturated carbocycles. The van der Waals surface area contributed by atoms with Crippen molar-refractivity contribution in [1.29, 1.82) is 0 Å². The molecule has 1 fully saturated rings. The number of para-hydroxylation sites is 1. The van der Waals surface area contributed by atoms with Crippen LogP contribution < -0.4 is 10.5 Å². The Bertz CT molecular complexity index is 454. The van der Waals surface area contributed by atoms with Gasteiger partial charge in [-0.1, -0.05) is 25.1 Å². The van der Waals surface area contributed by atoms with Crippen LogP contribution in [-0.2, 0) is 0 Å². The van der Waals surface area contributed by atoms with Gasteiger partial charge < -0.3 is 10.5 Å². The second-order valence-electron chi connectivity index (χ2n) is 5.68. The Morgan fingerprint density at radius 3 is 2.95 bits per heavy atom. The predicted molar refractivity (Wildman–Crippen MR) is 90.1 cm³/mol. The number of fused-ring (bicyclic) bond motifs is 1. The van der Waals surface area contributed by atoms with Crippen molar-refractivity contribution in [2.75, 3.05) is 18.1 Å². The predicted octanol–water partition coefficient (Wildman–Crippen LogP) is 3.51. The monoisotopic (exact) mass is 309 g/mol. The Balaban J connectivity index is 1.69. The molecule has 2 nitrogen and oxygen atoms in total. The van der Waals surface area contributed by atoms with Crippen molar-refractivity contribution in [2.24, 2.45) is 5.73 Å². The first kappa shape index (κ1) is 14.6. The molecule has 0 bridgehead atoms. The second kappa shape index (κ2) is 6.63. The normalized spacial score (nSPS) is 31.2. The lowest BCUT2D eigenvalue weighted by Crippen LogP contribution is -2.42. The van der Waals surface area contributed by atoms with E-state index in [4.69, 9.17) is 10.5 Å². The molecule has 4 unspecified atom stereocenters. The SMILES string of the molecule is CC1SCCSC1C(N)CC1CCOc2ccccc21. The summed E-state index contributed by atoms with van der Waals surface area (Å²) in [5, 5.41) is 1.28. The van der Waals surface area contributed by atoms with Crippen LogP contribution in [0.4, 0.5) is 0 Å². The molecule has 4 atom stereocenters. The molecule has 2 aliphatic heterocycles. The number of hydrogen-bond acceptors (Lipinski definition) is 4. The third-order valence-corrected chi connectivity index (χ3v) is 7.57. The van der Waals surface area contributed by atoms with Gasteiger partial charge in [-0.15, -0.1) is 0 Å². The first-order valence-electron chi connectivity index (χ1n) is 7.46. The summed E-state index contributed by atoms with van der Waals surface area (Å²) in [7, 11) is 0. The third kappa shape index (κ3) is 3.12. The number of benzene rings is 1. The summed E-state index contributed by atoms with van der Waals surface area (Å²) in [4.78, 5) is 0. The van der Waals surface area contributed by atoms with Gasteiger partial charge in [0.1, 0.15) is 5.75 Å². The van der Waals surface area contributed by atoms with E-state index < -0.39 is 0 Å². The van der Waals surface area contributed by atoms with Gasteiger partial charge in [-0.2, -0.15) is 23.5 Å². The van der Waals surface area contributed by atoms with Gasteiger partial charge in [-0.3, -0.25) is 0 Å². The van der Waals surface area contributed by atoms with E-state index in [-0.39, 0.29) is 0 Å². The highest BCUT2D eigenvalue weighted by molar-refractivity contribution is 8.07. The van der Waals surface area contributed by atoms with Crippen molar-refractivity contribution in [1.82, 2.24) is 0 Å². The van der Waals surface area contributed by atoms with Crippen molar-refractivity contribution in [3.63, 3.8) is 0 Å². The fourth-order valence-electron chi connectivity index (χ4n) is 3.24. The van der Waals surface area contributed by atoms with Crippen LogP contribution in [0.1, 0.15) is 31.2 Å². The molecule has 110 valence electrons. The van der Waals surface area contributed by atoms with Gasteiger partial charge in [0.25, 0.3) is 0 Å². The maximum atomic E-state index is 6.55. The molecule has 2 aliphatic rings. The molecule has 1 aromatic carbocycles. The van der Waals surface area contributed by atoms with E-state index in [1.807, 2.05) is 0 Å². The molecule has 0 spiro atoms. The molecule has 20 heavy (non-hydrogen) atoms. The molecular weight excluding hydrogens is 286 g/mol. The third-order valence-electron chi connectivity index (χ3n) is 4.30. The largest absolute Gasteiger partial charge is 0.493 e. The minimum Gasteiger partial charge on any atom is -0.493 e. The zero-order chi connectivity index (χ0) is 13.9. The maximum Gasteiger partial charge on any atom is 0.122 e. The summed E-state index contributed by atoms with van der Waals surface area (Å²) in [5.74, 6) is 4.15. The van der Waals surface area contributed by atoms with E-state index in [2.05, 4.69) is 54.7 Å². The van der Waals surface area contributed by atoms with Crippen LogP contribution in [0.15, 0.2) is 24.3 Å². The maximum absolute atomic E-state index is 6.55. The molecule has 3 rings (SSSR count). The molecule has 0 radical (unpaired) electrons. The lowest BCUT2D eigenvalue weighted by Gasteiger charge is -2.35. The average molecular weight is 310 g/mol. The minimum absolute atomic E-state index is 0.291. The summed E-state index contributed by atoms with van der Waals surface area (Å²) >= 11 is 4.15. The van der Waals surface area contributed by atoms with Gasteiger partial charge in [-0.25, -0.2) is 0 Å². The van der Waals surface area contributed by atoms with Gasteiger partial charge in [0.05, 0.1) is 6.61 Å². The van der Waals surface area contributed by atoms with Crippen LogP contribution in [0.5, 0.6) is 5.75 Å². The topological polar surface area (TPSA) is 35.2 Å². The summed E-state index contributed by atoms with van der Waals surface area (Å²) in [6.07, 6.45) is 2.19. The molecular formula is C16H23NOS2. The van der Waals surface area contributed by atoms with Crippen molar-refractivity contribution < 1.29 is 4.74 Å². The molecule has 2 heterocycles. The van der Waals surface area contributed by atoms with Crippen molar-refractivity contribution in [3.05, 3.63) is 29.8 Å². The fraction of sp³-hybridized carbons (Fsp3) is 0.625. The number of thioether (sulfide) groups is 2. The molecule has 1 aromatic rings. The van der Waals surface area contributed by atoms with Gasteiger partial charge in [0.2, 0.25) is 0 Å². The summed E-state index contributed by atoms with van der Waals surface area (Å²) in [5.41, 5.74) is 7.91. The van der Waals surface area contributed by atoms with Gasteiger partial charge in [0.15, 0.2) is 0 Å². The van der Waals surface area contributed by atoms with E-state index in [1.54, 1.807) is 0 Å². The van der Waals surface area contributed by atoms with E-state index in [9.17, 15) is 0 Å². The lowest BCUT2D eigenvalue weighted by molar-refractivity contribution is 0.258. The van der Waals surface area contributed by atoms with Crippen LogP contribution >= 0.6 is 23.5 Å². The van der Waals surface area contributed by atoms with Crippen LogP contribution in [0, 0.1) is 0 Å². The molecule has 0 aromatic heterocycles. The molecule has 1 saturated heterocycles.